The molecule has 0 atom stereocenters. The number of aromatic carboxylic acids is 1. The minimum atomic E-state index is -3.71. The summed E-state index contributed by atoms with van der Waals surface area (Å²) in [6, 6.07) is 9.52. The average Bonchev–Trinajstić information content (AvgIpc) is 2.97. The van der Waals surface area contributed by atoms with Gasteiger partial charge in [0.05, 0.1) is 7.11 Å². The van der Waals surface area contributed by atoms with Crippen molar-refractivity contribution in [2.75, 3.05) is 7.11 Å². The van der Waals surface area contributed by atoms with Crippen molar-refractivity contribution in [2.45, 2.75) is 10.8 Å². The lowest BCUT2D eigenvalue weighted by molar-refractivity contribution is 0.0702. The van der Waals surface area contributed by atoms with Gasteiger partial charge in [0.2, 0.25) is 10.0 Å². The van der Waals surface area contributed by atoms with E-state index < -0.39 is 16.0 Å². The van der Waals surface area contributed by atoms with Gasteiger partial charge in [0.1, 0.15) is 14.8 Å². The van der Waals surface area contributed by atoms with Gasteiger partial charge >= 0.3 is 5.97 Å². The Kier molecular flexibility index (Phi) is 4.61. The lowest BCUT2D eigenvalue weighted by Gasteiger charge is -2.06. The van der Waals surface area contributed by atoms with Gasteiger partial charge in [-0.3, -0.25) is 0 Å². The largest absolute Gasteiger partial charge is 0.497 e. The van der Waals surface area contributed by atoms with Gasteiger partial charge in [-0.1, -0.05) is 12.1 Å². The Balaban J connectivity index is 2.07. The standard InChI is InChI=1S/C13H13NO5S2/c1-19-10-4-2-9(3-5-10)8-14-21(17,18)12-7-6-11(20-12)13(15)16/h2-7,14H,8H2,1H3,(H,15,16). The highest BCUT2D eigenvalue weighted by molar-refractivity contribution is 7.91. The van der Waals surface area contributed by atoms with E-state index in [0.717, 1.165) is 16.9 Å². The fourth-order valence-electron chi connectivity index (χ4n) is 1.57. The van der Waals surface area contributed by atoms with Gasteiger partial charge in [0, 0.05) is 6.54 Å². The number of benzene rings is 1. The Bertz CT molecular complexity index is 734. The van der Waals surface area contributed by atoms with Gasteiger partial charge in [-0.15, -0.1) is 11.3 Å². The topological polar surface area (TPSA) is 92.7 Å². The molecule has 0 saturated heterocycles. The number of carboxylic acids is 1. The van der Waals surface area contributed by atoms with E-state index in [4.69, 9.17) is 9.84 Å². The maximum absolute atomic E-state index is 12.0. The minimum absolute atomic E-state index is 0.0141. The second kappa shape index (κ2) is 6.25. The molecular weight excluding hydrogens is 314 g/mol. The van der Waals surface area contributed by atoms with E-state index in [9.17, 15) is 13.2 Å². The van der Waals surface area contributed by atoms with Gasteiger partial charge in [0.25, 0.3) is 0 Å². The zero-order valence-electron chi connectivity index (χ0n) is 11.1. The first-order valence-electron chi connectivity index (χ1n) is 5.88. The summed E-state index contributed by atoms with van der Waals surface area (Å²) in [6.07, 6.45) is 0. The molecule has 0 radical (unpaired) electrons. The van der Waals surface area contributed by atoms with Crippen molar-refractivity contribution < 1.29 is 23.1 Å². The SMILES string of the molecule is COc1ccc(CNS(=O)(=O)c2ccc(C(=O)O)s2)cc1. The number of carboxylic acid groups (broad SMARTS) is 1. The predicted molar refractivity (Wildman–Crippen MR) is 78.3 cm³/mol. The summed E-state index contributed by atoms with van der Waals surface area (Å²) in [5.74, 6) is -0.456. The Morgan fingerprint density at radius 3 is 2.43 bits per heavy atom. The predicted octanol–water partition coefficient (Wildman–Crippen LogP) is 1.93. The van der Waals surface area contributed by atoms with Crippen LogP contribution in [0.2, 0.25) is 0 Å². The van der Waals surface area contributed by atoms with Crippen LogP contribution in [0, 0.1) is 0 Å². The molecule has 0 bridgehead atoms. The van der Waals surface area contributed by atoms with E-state index in [1.165, 1.54) is 12.1 Å². The maximum Gasteiger partial charge on any atom is 0.345 e. The van der Waals surface area contributed by atoms with Gasteiger partial charge in [-0.25, -0.2) is 17.9 Å². The van der Waals surface area contributed by atoms with Crippen molar-refractivity contribution in [3.8, 4) is 5.75 Å². The van der Waals surface area contributed by atoms with Crippen LogP contribution in [0.4, 0.5) is 0 Å². The molecule has 0 saturated carbocycles. The monoisotopic (exact) mass is 327 g/mol. The Morgan fingerprint density at radius 2 is 1.90 bits per heavy atom. The summed E-state index contributed by atoms with van der Waals surface area (Å²) in [6.45, 7) is 0.118. The number of carbonyl (C=O) groups is 1. The molecule has 0 aliphatic heterocycles. The normalized spacial score (nSPS) is 11.3. The van der Waals surface area contributed by atoms with Crippen LogP contribution in [0.15, 0.2) is 40.6 Å². The lowest BCUT2D eigenvalue weighted by Crippen LogP contribution is -2.22. The van der Waals surface area contributed by atoms with Crippen LogP contribution in [0.3, 0.4) is 0 Å². The summed E-state index contributed by atoms with van der Waals surface area (Å²) in [5.41, 5.74) is 0.773. The number of sulfonamides is 1. The van der Waals surface area contributed by atoms with Crippen molar-refractivity contribution in [1.29, 1.82) is 0 Å². The summed E-state index contributed by atoms with van der Waals surface area (Å²) in [4.78, 5) is 10.8. The highest BCUT2D eigenvalue weighted by Gasteiger charge is 2.18. The summed E-state index contributed by atoms with van der Waals surface area (Å²) < 4.78 is 31.5. The maximum atomic E-state index is 12.0. The fraction of sp³-hybridized carbons (Fsp3) is 0.154. The summed E-state index contributed by atoms with van der Waals surface area (Å²) in [5, 5.41) is 8.80. The Morgan fingerprint density at radius 1 is 1.24 bits per heavy atom. The number of rotatable bonds is 6. The van der Waals surface area contributed by atoms with Crippen LogP contribution < -0.4 is 9.46 Å². The molecule has 0 unspecified atom stereocenters. The van der Waals surface area contributed by atoms with E-state index in [0.29, 0.717) is 5.75 Å². The Hall–Kier alpha value is -1.90. The second-order valence-corrected chi connectivity index (χ2v) is 7.17. The van der Waals surface area contributed by atoms with Crippen LogP contribution in [-0.2, 0) is 16.6 Å². The molecule has 1 aromatic carbocycles. The van der Waals surface area contributed by atoms with Crippen LogP contribution in [0.25, 0.3) is 0 Å². The molecule has 8 heteroatoms. The molecular formula is C13H13NO5S2. The first-order chi connectivity index (χ1) is 9.92. The van der Waals surface area contributed by atoms with Gasteiger partial charge in [0.15, 0.2) is 0 Å². The van der Waals surface area contributed by atoms with E-state index in [-0.39, 0.29) is 15.6 Å². The van der Waals surface area contributed by atoms with Gasteiger partial charge in [-0.05, 0) is 29.8 Å². The molecule has 0 fully saturated rings. The number of hydrogen-bond acceptors (Lipinski definition) is 5. The molecule has 2 aromatic rings. The lowest BCUT2D eigenvalue weighted by atomic mass is 10.2. The van der Waals surface area contributed by atoms with E-state index >= 15 is 0 Å². The quantitative estimate of drug-likeness (QED) is 0.846. The third-order valence-corrected chi connectivity index (χ3v) is 5.65. The molecule has 21 heavy (non-hydrogen) atoms. The van der Waals surface area contributed by atoms with Crippen LogP contribution in [0.5, 0.6) is 5.75 Å². The zero-order chi connectivity index (χ0) is 15.5. The summed E-state index contributed by atoms with van der Waals surface area (Å²) >= 11 is 0.719. The van der Waals surface area contributed by atoms with Crippen molar-refractivity contribution in [2.24, 2.45) is 0 Å². The van der Waals surface area contributed by atoms with E-state index in [1.807, 2.05) is 0 Å². The zero-order valence-corrected chi connectivity index (χ0v) is 12.7. The average molecular weight is 327 g/mol. The number of methoxy groups -OCH3 is 1. The molecule has 0 aliphatic carbocycles. The minimum Gasteiger partial charge on any atom is -0.497 e. The first-order valence-corrected chi connectivity index (χ1v) is 8.18. The molecule has 0 aliphatic rings. The van der Waals surface area contributed by atoms with Crippen LogP contribution in [0.1, 0.15) is 15.2 Å². The fourth-order valence-corrected chi connectivity index (χ4v) is 3.78. The second-order valence-electron chi connectivity index (χ2n) is 4.10. The number of nitrogens with one attached hydrogen (secondary N) is 1. The molecule has 2 rings (SSSR count). The molecule has 1 heterocycles. The molecule has 1 aromatic heterocycles. The van der Waals surface area contributed by atoms with Crippen molar-refractivity contribution in [1.82, 2.24) is 4.72 Å². The number of hydrogen-bond donors (Lipinski definition) is 2. The van der Waals surface area contributed by atoms with Crippen LogP contribution >= 0.6 is 11.3 Å². The molecule has 0 amide bonds. The van der Waals surface area contributed by atoms with Gasteiger partial charge in [-0.2, -0.15) is 0 Å². The molecule has 112 valence electrons. The molecule has 2 N–H and O–H groups in total. The van der Waals surface area contributed by atoms with E-state index in [1.54, 1.807) is 31.4 Å². The Labute approximate surface area is 126 Å². The molecule has 0 spiro atoms. The smallest absolute Gasteiger partial charge is 0.345 e. The van der Waals surface area contributed by atoms with Crippen molar-refractivity contribution in [3.63, 3.8) is 0 Å². The van der Waals surface area contributed by atoms with E-state index in [2.05, 4.69) is 4.72 Å². The number of thiophene rings is 1. The third kappa shape index (κ3) is 3.81. The number of ether oxygens (including phenoxy) is 1. The molecule has 6 nitrogen and oxygen atoms in total. The third-order valence-electron chi connectivity index (χ3n) is 2.68. The van der Waals surface area contributed by atoms with Crippen molar-refractivity contribution in [3.05, 3.63) is 46.8 Å². The highest BCUT2D eigenvalue weighted by Crippen LogP contribution is 2.21. The van der Waals surface area contributed by atoms with Crippen LogP contribution in [-0.4, -0.2) is 26.6 Å². The first kappa shape index (κ1) is 15.5. The highest BCUT2D eigenvalue weighted by atomic mass is 32.2. The summed E-state index contributed by atoms with van der Waals surface area (Å²) in [7, 11) is -2.16. The van der Waals surface area contributed by atoms with Crippen molar-refractivity contribution >= 4 is 27.3 Å². The van der Waals surface area contributed by atoms with Gasteiger partial charge < -0.3 is 9.84 Å².